The van der Waals surface area contributed by atoms with Crippen molar-refractivity contribution in [3.63, 3.8) is 0 Å². The molecule has 2 aromatic rings. The quantitative estimate of drug-likeness (QED) is 0.871. The van der Waals surface area contributed by atoms with Crippen molar-refractivity contribution in [3.8, 4) is 0 Å². The molecule has 18 heavy (non-hydrogen) atoms. The molecule has 2 rings (SSSR count). The lowest BCUT2D eigenvalue weighted by Gasteiger charge is -2.49. The highest BCUT2D eigenvalue weighted by Crippen LogP contribution is 2.27. The van der Waals surface area contributed by atoms with Crippen LogP contribution >= 0.6 is 22.9 Å². The molecule has 3 nitrogen and oxygen atoms in total. The number of halogens is 1. The van der Waals surface area contributed by atoms with E-state index >= 15 is 0 Å². The Morgan fingerprint density at radius 2 is 1.83 bits per heavy atom. The van der Waals surface area contributed by atoms with Crippen molar-refractivity contribution in [3.05, 3.63) is 51.2 Å². The van der Waals surface area contributed by atoms with E-state index in [1.807, 2.05) is 19.1 Å². The second kappa shape index (κ2) is 5.28. The number of nitrogens with one attached hydrogen (secondary N) is 1. The summed E-state index contributed by atoms with van der Waals surface area (Å²) in [5.74, 6) is -2.61. The van der Waals surface area contributed by atoms with Gasteiger partial charge < -0.3 is 15.5 Å². The third-order valence-electron chi connectivity index (χ3n) is 2.57. The molecular weight excluding hydrogens is 270 g/mol. The summed E-state index contributed by atoms with van der Waals surface area (Å²) < 4.78 is 0.434. The van der Waals surface area contributed by atoms with Gasteiger partial charge in [-0.2, -0.15) is 0 Å². The van der Waals surface area contributed by atoms with Gasteiger partial charge in [0.25, 0.3) is 0 Å². The lowest BCUT2D eigenvalue weighted by Crippen LogP contribution is -2.58. The second-order valence-electron chi connectivity index (χ2n) is 3.90. The van der Waals surface area contributed by atoms with Gasteiger partial charge in [-0.05, 0) is 41.1 Å². The molecule has 1 aromatic heterocycles. The van der Waals surface area contributed by atoms with Crippen molar-refractivity contribution < 1.29 is 10.2 Å². The van der Waals surface area contributed by atoms with Gasteiger partial charge in [-0.1, -0.05) is 36.6 Å². The minimum atomic E-state index is -2.61. The van der Waals surface area contributed by atoms with Crippen LogP contribution < -0.4 is 15.5 Å². The Morgan fingerprint density at radius 1 is 1.17 bits per heavy atom. The second-order valence-corrected chi connectivity index (χ2v) is 5.61. The maximum absolute atomic E-state index is 11.9. The Balaban J connectivity index is 2.16. The average Bonchev–Trinajstić information content (AvgIpc) is 2.77. The monoisotopic (exact) mass is 281 g/mol. The number of hydrogen-bond donors (Lipinski definition) is 1. The molecule has 0 radical (unpaired) electrons. The molecule has 0 aliphatic carbocycles. The molecule has 0 saturated heterocycles. The third kappa shape index (κ3) is 3.03. The summed E-state index contributed by atoms with van der Waals surface area (Å²) in [7, 11) is 0. The van der Waals surface area contributed by atoms with Crippen LogP contribution in [0.5, 0.6) is 0 Å². The van der Waals surface area contributed by atoms with Crippen LogP contribution in [0.15, 0.2) is 36.4 Å². The van der Waals surface area contributed by atoms with E-state index in [9.17, 15) is 10.2 Å². The Labute approximate surface area is 115 Å². The van der Waals surface area contributed by atoms with Crippen molar-refractivity contribution in [2.45, 2.75) is 19.3 Å². The van der Waals surface area contributed by atoms with Gasteiger partial charge in [0, 0.05) is 5.69 Å². The standard InChI is InChI=1S/C13H12ClNO2S/c1-2-9-3-5-10(6-4-9)15-13(16,17)11-7-8-12(14)18-11/h3-8,15H,2H2,1H3/q-2. The number of anilines is 1. The van der Waals surface area contributed by atoms with E-state index in [4.69, 9.17) is 11.6 Å². The van der Waals surface area contributed by atoms with Crippen molar-refractivity contribution in [1.82, 2.24) is 0 Å². The third-order valence-corrected chi connectivity index (χ3v) is 3.88. The number of rotatable bonds is 4. The van der Waals surface area contributed by atoms with E-state index in [1.54, 1.807) is 18.2 Å². The first-order chi connectivity index (χ1) is 8.51. The molecule has 1 aromatic carbocycles. The molecule has 0 spiro atoms. The van der Waals surface area contributed by atoms with Gasteiger partial charge in [0.2, 0.25) is 0 Å². The molecule has 0 bridgehead atoms. The smallest absolute Gasteiger partial charge is 0.0931 e. The Hall–Kier alpha value is -1.07. The minimum Gasteiger partial charge on any atom is -0.843 e. The average molecular weight is 282 g/mol. The SMILES string of the molecule is CCc1ccc(NC([O-])([O-])c2ccc(Cl)s2)cc1. The van der Waals surface area contributed by atoms with E-state index in [2.05, 4.69) is 5.32 Å². The molecule has 1 N–H and O–H groups in total. The fourth-order valence-corrected chi connectivity index (χ4v) is 2.55. The summed E-state index contributed by atoms with van der Waals surface area (Å²) in [6.45, 7) is 2.04. The summed E-state index contributed by atoms with van der Waals surface area (Å²) in [4.78, 5) is 0.132. The normalized spacial score (nSPS) is 11.6. The van der Waals surface area contributed by atoms with Crippen LogP contribution in [0, 0.1) is 0 Å². The van der Waals surface area contributed by atoms with Gasteiger partial charge in [0.05, 0.1) is 4.34 Å². The zero-order valence-electron chi connectivity index (χ0n) is 9.77. The largest absolute Gasteiger partial charge is 0.843 e. The molecule has 0 atom stereocenters. The summed E-state index contributed by atoms with van der Waals surface area (Å²) in [6, 6.07) is 10.3. The van der Waals surface area contributed by atoms with Gasteiger partial charge in [0.15, 0.2) is 0 Å². The first-order valence-electron chi connectivity index (χ1n) is 5.55. The van der Waals surface area contributed by atoms with Crippen molar-refractivity contribution >= 4 is 28.6 Å². The predicted octanol–water partition coefficient (Wildman–Crippen LogP) is 1.91. The summed E-state index contributed by atoms with van der Waals surface area (Å²) in [6.07, 6.45) is 0.917. The molecule has 0 aliphatic heterocycles. The number of thiophene rings is 1. The van der Waals surface area contributed by atoms with Crippen molar-refractivity contribution in [2.75, 3.05) is 5.32 Å². The van der Waals surface area contributed by atoms with Gasteiger partial charge in [-0.3, -0.25) is 0 Å². The van der Waals surface area contributed by atoms with Crippen LogP contribution in [0.1, 0.15) is 17.4 Å². The maximum atomic E-state index is 11.9. The lowest BCUT2D eigenvalue weighted by molar-refractivity contribution is -0.723. The summed E-state index contributed by atoms with van der Waals surface area (Å²) in [5.41, 5.74) is 1.67. The van der Waals surface area contributed by atoms with Crippen LogP contribution in [0.4, 0.5) is 5.69 Å². The van der Waals surface area contributed by atoms with Crippen molar-refractivity contribution in [2.24, 2.45) is 0 Å². The van der Waals surface area contributed by atoms with Crippen LogP contribution in [0.3, 0.4) is 0 Å². The fraction of sp³-hybridized carbons (Fsp3) is 0.231. The van der Waals surface area contributed by atoms with Crippen molar-refractivity contribution in [1.29, 1.82) is 0 Å². The molecule has 0 fully saturated rings. The number of hydrogen-bond acceptors (Lipinski definition) is 4. The van der Waals surface area contributed by atoms with Gasteiger partial charge in [-0.15, -0.1) is 11.3 Å². The molecule has 0 unspecified atom stereocenters. The summed E-state index contributed by atoms with van der Waals surface area (Å²) >= 11 is 6.72. The van der Waals surface area contributed by atoms with E-state index in [1.165, 1.54) is 6.07 Å². The van der Waals surface area contributed by atoms with Gasteiger partial charge in [0.1, 0.15) is 0 Å². The highest BCUT2D eigenvalue weighted by atomic mass is 35.5. The van der Waals surface area contributed by atoms with Gasteiger partial charge in [-0.25, -0.2) is 0 Å². The maximum Gasteiger partial charge on any atom is 0.0931 e. The van der Waals surface area contributed by atoms with Crippen LogP contribution in [-0.4, -0.2) is 0 Å². The predicted molar refractivity (Wildman–Crippen MR) is 70.4 cm³/mol. The van der Waals surface area contributed by atoms with E-state index < -0.39 is 5.91 Å². The topological polar surface area (TPSA) is 58.1 Å². The molecular formula is C13H12ClNO2S-2. The lowest BCUT2D eigenvalue weighted by atomic mass is 10.1. The molecule has 0 amide bonds. The zero-order valence-corrected chi connectivity index (χ0v) is 11.3. The molecule has 0 saturated carbocycles. The molecule has 5 heteroatoms. The van der Waals surface area contributed by atoms with Crippen LogP contribution in [0.2, 0.25) is 4.34 Å². The highest BCUT2D eigenvalue weighted by Gasteiger charge is 2.08. The van der Waals surface area contributed by atoms with Crippen LogP contribution in [-0.2, 0) is 12.3 Å². The molecule has 96 valence electrons. The summed E-state index contributed by atoms with van der Waals surface area (Å²) in [5, 5.41) is 26.3. The minimum absolute atomic E-state index is 0.132. The number of aryl methyl sites for hydroxylation is 1. The van der Waals surface area contributed by atoms with Gasteiger partial charge >= 0.3 is 0 Å². The number of benzene rings is 1. The first-order valence-corrected chi connectivity index (χ1v) is 6.74. The molecule has 0 aliphatic rings. The zero-order chi connectivity index (χ0) is 13.2. The molecule has 1 heterocycles. The van der Waals surface area contributed by atoms with E-state index in [0.29, 0.717) is 10.0 Å². The van der Waals surface area contributed by atoms with E-state index in [0.717, 1.165) is 23.3 Å². The Morgan fingerprint density at radius 3 is 2.33 bits per heavy atom. The fourth-order valence-electron chi connectivity index (χ4n) is 1.57. The Bertz CT molecular complexity index is 522. The Kier molecular flexibility index (Phi) is 3.92. The van der Waals surface area contributed by atoms with E-state index in [-0.39, 0.29) is 4.88 Å². The first kappa shape index (κ1) is 13.4. The van der Waals surface area contributed by atoms with Crippen LogP contribution in [0.25, 0.3) is 0 Å². The highest BCUT2D eigenvalue weighted by molar-refractivity contribution is 7.16.